The molecule has 0 bridgehead atoms. The number of nitrogens with two attached hydrogens (primary N) is 1. The molecule has 1 aliphatic rings. The molecule has 4 heterocycles. The van der Waals surface area contributed by atoms with E-state index >= 15 is 0 Å². The first kappa shape index (κ1) is 27.3. The number of hydrogen-bond acceptors (Lipinski definition) is 9. The van der Waals surface area contributed by atoms with Crippen LogP contribution in [0.5, 0.6) is 5.88 Å². The van der Waals surface area contributed by atoms with Crippen LogP contribution in [0.3, 0.4) is 0 Å². The molecule has 3 aromatic heterocycles. The maximum absolute atomic E-state index is 13.4. The second kappa shape index (κ2) is 10.6. The lowest BCUT2D eigenvalue weighted by molar-refractivity contribution is 0.0981. The smallest absolute Gasteiger partial charge is 0.281 e. The van der Waals surface area contributed by atoms with Gasteiger partial charge in [-0.15, -0.1) is 0 Å². The lowest BCUT2D eigenvalue weighted by Crippen LogP contribution is -2.43. The average Bonchev–Trinajstić information content (AvgIpc) is 3.14. The summed E-state index contributed by atoms with van der Waals surface area (Å²) in [7, 11) is -4.25. The number of anilines is 2. The van der Waals surface area contributed by atoms with Gasteiger partial charge in [0.15, 0.2) is 5.03 Å². The van der Waals surface area contributed by atoms with Crippen molar-refractivity contribution in [2.45, 2.75) is 51.6 Å². The Morgan fingerprint density at radius 3 is 2.63 bits per heavy atom. The molecule has 0 radical (unpaired) electrons. The first-order valence-corrected chi connectivity index (χ1v) is 14.0. The Kier molecular flexibility index (Phi) is 7.59. The van der Waals surface area contributed by atoms with E-state index in [1.807, 2.05) is 12.1 Å². The zero-order valence-corrected chi connectivity index (χ0v) is 23.1. The molecule has 4 rings (SSSR count). The largest absolute Gasteiger partial charge is 0.477 e. The van der Waals surface area contributed by atoms with Gasteiger partial charge in [0.2, 0.25) is 5.88 Å². The lowest BCUT2D eigenvalue weighted by Gasteiger charge is -2.36. The number of carbonyl (C=O) groups is 1. The van der Waals surface area contributed by atoms with Crippen molar-refractivity contribution >= 4 is 27.6 Å². The van der Waals surface area contributed by atoms with E-state index in [4.69, 9.17) is 15.5 Å². The van der Waals surface area contributed by atoms with E-state index in [0.717, 1.165) is 12.0 Å². The quantitative estimate of drug-likeness (QED) is 0.437. The number of rotatable bonds is 8. The van der Waals surface area contributed by atoms with Crippen molar-refractivity contribution in [2.75, 3.05) is 23.8 Å². The highest BCUT2D eigenvalue weighted by Crippen LogP contribution is 2.39. The SMILES string of the molecule is CC(C)COc1cc(-c2ccc(C(=O)NS(=O)(=O)c3cccc(N)n3)c(N3CCC(C)C3(C)C)n2)ccn1. The number of nitrogens with one attached hydrogen (secondary N) is 1. The van der Waals surface area contributed by atoms with E-state index < -0.39 is 15.9 Å². The van der Waals surface area contributed by atoms with Crippen LogP contribution >= 0.6 is 0 Å². The fourth-order valence-corrected chi connectivity index (χ4v) is 5.25. The number of amides is 1. The molecular formula is C27H34N6O4S. The molecule has 0 spiro atoms. The van der Waals surface area contributed by atoms with Crippen molar-refractivity contribution in [1.29, 1.82) is 0 Å². The van der Waals surface area contributed by atoms with Crippen LogP contribution in [0.2, 0.25) is 0 Å². The monoisotopic (exact) mass is 538 g/mol. The van der Waals surface area contributed by atoms with Gasteiger partial charge in [0.25, 0.3) is 15.9 Å². The predicted molar refractivity (Wildman–Crippen MR) is 146 cm³/mol. The second-order valence-electron chi connectivity index (χ2n) is 10.5. The Morgan fingerprint density at radius 2 is 1.97 bits per heavy atom. The van der Waals surface area contributed by atoms with Gasteiger partial charge in [0.05, 0.1) is 17.9 Å². The molecule has 1 unspecified atom stereocenters. The number of pyridine rings is 3. The summed E-state index contributed by atoms with van der Waals surface area (Å²) in [5.41, 5.74) is 6.87. The minimum atomic E-state index is -4.25. The summed E-state index contributed by atoms with van der Waals surface area (Å²) in [6, 6.07) is 11.1. The minimum absolute atomic E-state index is 0.0360. The van der Waals surface area contributed by atoms with Gasteiger partial charge >= 0.3 is 0 Å². The van der Waals surface area contributed by atoms with Crippen molar-refractivity contribution in [3.05, 3.63) is 54.2 Å². The Balaban J connectivity index is 1.74. The Hall–Kier alpha value is -3.73. The second-order valence-corrected chi connectivity index (χ2v) is 12.1. The average molecular weight is 539 g/mol. The third-order valence-corrected chi connectivity index (χ3v) is 8.14. The summed E-state index contributed by atoms with van der Waals surface area (Å²) in [5.74, 6) is 0.814. The zero-order valence-electron chi connectivity index (χ0n) is 22.3. The summed E-state index contributed by atoms with van der Waals surface area (Å²) in [5, 5.41) is -0.335. The van der Waals surface area contributed by atoms with Crippen LogP contribution in [0, 0.1) is 11.8 Å². The van der Waals surface area contributed by atoms with Gasteiger partial charge in [-0.25, -0.2) is 19.7 Å². The number of nitrogen functional groups attached to an aromatic ring is 1. The van der Waals surface area contributed by atoms with Crippen LogP contribution < -0.4 is 20.1 Å². The molecule has 202 valence electrons. The van der Waals surface area contributed by atoms with Crippen LogP contribution in [0.4, 0.5) is 11.6 Å². The van der Waals surface area contributed by atoms with E-state index in [0.29, 0.717) is 42.4 Å². The van der Waals surface area contributed by atoms with Gasteiger partial charge < -0.3 is 15.4 Å². The van der Waals surface area contributed by atoms with Gasteiger partial charge in [0.1, 0.15) is 11.6 Å². The van der Waals surface area contributed by atoms with E-state index in [1.165, 1.54) is 18.2 Å². The van der Waals surface area contributed by atoms with E-state index in [2.05, 4.69) is 54.2 Å². The topological polar surface area (TPSA) is 140 Å². The van der Waals surface area contributed by atoms with Crippen molar-refractivity contribution in [2.24, 2.45) is 11.8 Å². The highest BCUT2D eigenvalue weighted by Gasteiger charge is 2.41. The predicted octanol–water partition coefficient (Wildman–Crippen LogP) is 3.90. The van der Waals surface area contributed by atoms with E-state index in [9.17, 15) is 13.2 Å². The molecule has 38 heavy (non-hydrogen) atoms. The van der Waals surface area contributed by atoms with Gasteiger partial charge in [-0.05, 0) is 62.4 Å². The van der Waals surface area contributed by atoms with Crippen LogP contribution in [0.25, 0.3) is 11.3 Å². The first-order valence-electron chi connectivity index (χ1n) is 12.6. The van der Waals surface area contributed by atoms with Crippen molar-refractivity contribution in [1.82, 2.24) is 19.7 Å². The summed E-state index contributed by atoms with van der Waals surface area (Å²) in [4.78, 5) is 28.5. The maximum atomic E-state index is 13.4. The Labute approximate surface area is 223 Å². The third-order valence-electron chi connectivity index (χ3n) is 6.91. The number of hydrogen-bond donors (Lipinski definition) is 2. The van der Waals surface area contributed by atoms with E-state index in [1.54, 1.807) is 18.3 Å². The van der Waals surface area contributed by atoms with Crippen LogP contribution in [-0.2, 0) is 10.0 Å². The molecule has 3 N–H and O–H groups in total. The van der Waals surface area contributed by atoms with Gasteiger partial charge in [-0.2, -0.15) is 8.42 Å². The number of ether oxygens (including phenoxy) is 1. The van der Waals surface area contributed by atoms with Crippen molar-refractivity contribution in [3.63, 3.8) is 0 Å². The molecule has 10 nitrogen and oxygen atoms in total. The molecule has 3 aromatic rings. The summed E-state index contributed by atoms with van der Waals surface area (Å²) in [6.45, 7) is 11.7. The highest BCUT2D eigenvalue weighted by atomic mass is 32.2. The minimum Gasteiger partial charge on any atom is -0.477 e. The van der Waals surface area contributed by atoms with Gasteiger partial charge in [-0.3, -0.25) is 4.79 Å². The number of sulfonamides is 1. The van der Waals surface area contributed by atoms with Crippen molar-refractivity contribution < 1.29 is 17.9 Å². The molecule has 1 atom stereocenters. The standard InChI is InChI=1S/C27H34N6O4S/c1-17(2)16-37-23-15-19(11-13-29-23)21-10-9-20(25(30-21)33-14-12-18(3)27(33,4)5)26(34)32-38(35,36)24-8-6-7-22(28)31-24/h6-11,13,15,17-18H,12,14,16H2,1-5H3,(H2,28,31)(H,32,34). The first-order chi connectivity index (χ1) is 17.9. The maximum Gasteiger partial charge on any atom is 0.281 e. The molecular weight excluding hydrogens is 504 g/mol. The Bertz CT molecular complexity index is 1440. The van der Waals surface area contributed by atoms with Crippen molar-refractivity contribution in [3.8, 4) is 17.1 Å². The molecule has 0 aliphatic carbocycles. The van der Waals surface area contributed by atoms with Gasteiger partial charge in [0, 0.05) is 29.9 Å². The fraction of sp³-hybridized carbons (Fsp3) is 0.407. The molecule has 1 fully saturated rings. The lowest BCUT2D eigenvalue weighted by atomic mass is 9.90. The zero-order chi connectivity index (χ0) is 27.7. The Morgan fingerprint density at radius 1 is 1.21 bits per heavy atom. The van der Waals surface area contributed by atoms with E-state index in [-0.39, 0.29) is 21.9 Å². The number of nitrogens with zero attached hydrogens (tertiary/aromatic N) is 4. The molecule has 1 aliphatic heterocycles. The summed E-state index contributed by atoms with van der Waals surface area (Å²) in [6.07, 6.45) is 2.56. The van der Waals surface area contributed by atoms with Crippen LogP contribution in [0.15, 0.2) is 53.7 Å². The van der Waals surface area contributed by atoms with Crippen LogP contribution in [0.1, 0.15) is 51.4 Å². The normalized spacial score (nSPS) is 17.0. The summed E-state index contributed by atoms with van der Waals surface area (Å²) < 4.78 is 33.7. The highest BCUT2D eigenvalue weighted by molar-refractivity contribution is 7.90. The molecule has 11 heteroatoms. The van der Waals surface area contributed by atoms with Gasteiger partial charge in [-0.1, -0.05) is 26.8 Å². The van der Waals surface area contributed by atoms with Crippen LogP contribution in [-0.4, -0.2) is 48.0 Å². The number of carbonyl (C=O) groups excluding carboxylic acids is 1. The summed E-state index contributed by atoms with van der Waals surface area (Å²) >= 11 is 0. The molecule has 1 saturated heterocycles. The number of aromatic nitrogens is 3. The fourth-order valence-electron chi connectivity index (χ4n) is 4.31. The molecule has 1 amide bonds. The molecule has 0 aromatic carbocycles. The molecule has 0 saturated carbocycles. The third kappa shape index (κ3) is 5.72.